The van der Waals surface area contributed by atoms with Gasteiger partial charge >= 0.3 is 6.18 Å². The molecule has 6 heteroatoms. The van der Waals surface area contributed by atoms with Crippen molar-refractivity contribution in [2.24, 2.45) is 7.05 Å². The van der Waals surface area contributed by atoms with E-state index in [0.717, 1.165) is 12.1 Å². The van der Waals surface area contributed by atoms with Gasteiger partial charge in [0.05, 0.1) is 11.8 Å². The molecule has 0 N–H and O–H groups in total. The van der Waals surface area contributed by atoms with E-state index >= 15 is 0 Å². The Labute approximate surface area is 113 Å². The van der Waals surface area contributed by atoms with Crippen molar-refractivity contribution in [2.45, 2.75) is 6.18 Å². The molecule has 0 bridgehead atoms. The Morgan fingerprint density at radius 3 is 2.70 bits per heavy atom. The van der Waals surface area contributed by atoms with Crippen LogP contribution in [0.5, 0.6) is 0 Å². The minimum absolute atomic E-state index is 0.0000321. The lowest BCUT2D eigenvalue weighted by molar-refractivity contribution is -0.137. The van der Waals surface area contributed by atoms with Crippen LogP contribution in [0.25, 0.3) is 6.08 Å². The fourth-order valence-corrected chi connectivity index (χ4v) is 1.64. The number of nitrogens with zero attached hydrogens (tertiary/aromatic N) is 2. The first-order chi connectivity index (χ1) is 9.36. The number of rotatable bonds is 3. The molecule has 3 nitrogen and oxygen atoms in total. The summed E-state index contributed by atoms with van der Waals surface area (Å²) >= 11 is 0. The van der Waals surface area contributed by atoms with Gasteiger partial charge in [-0.25, -0.2) is 0 Å². The molecule has 1 heterocycles. The summed E-state index contributed by atoms with van der Waals surface area (Å²) in [7, 11) is 1.73. The Balaban J connectivity index is 2.19. The molecule has 0 atom stereocenters. The average molecular weight is 280 g/mol. The second kappa shape index (κ2) is 5.32. The Morgan fingerprint density at radius 1 is 1.35 bits per heavy atom. The van der Waals surface area contributed by atoms with Gasteiger partial charge in [-0.2, -0.15) is 18.3 Å². The summed E-state index contributed by atoms with van der Waals surface area (Å²) in [6.07, 6.45) is 1.53. The summed E-state index contributed by atoms with van der Waals surface area (Å²) < 4.78 is 39.2. The summed E-state index contributed by atoms with van der Waals surface area (Å²) in [6.45, 7) is 0. The number of hydrogen-bond donors (Lipinski definition) is 0. The van der Waals surface area contributed by atoms with Gasteiger partial charge in [-0.1, -0.05) is 12.1 Å². The molecule has 0 aliphatic carbocycles. The van der Waals surface area contributed by atoms with Crippen molar-refractivity contribution in [2.75, 3.05) is 0 Å². The number of benzene rings is 1. The summed E-state index contributed by atoms with van der Waals surface area (Å²) in [5, 5.41) is 3.92. The average Bonchev–Trinajstić information content (AvgIpc) is 2.81. The first-order valence-corrected chi connectivity index (χ1v) is 5.74. The van der Waals surface area contributed by atoms with E-state index in [1.54, 1.807) is 24.1 Å². The zero-order valence-electron chi connectivity index (χ0n) is 10.6. The van der Waals surface area contributed by atoms with Gasteiger partial charge in [-0.05, 0) is 24.3 Å². The predicted octanol–water partition coefficient (Wildman–Crippen LogP) is 3.34. The molecular weight excluding hydrogens is 269 g/mol. The third-order valence-corrected chi connectivity index (χ3v) is 2.63. The van der Waals surface area contributed by atoms with Crippen molar-refractivity contribution in [1.82, 2.24) is 9.78 Å². The molecule has 0 aliphatic heterocycles. The lowest BCUT2D eigenvalue weighted by atomic mass is 10.1. The SMILES string of the molecule is Cn1cc(C=CC(=O)c2cccc(C(F)(F)F)c2)cn1. The summed E-state index contributed by atoms with van der Waals surface area (Å²) in [6, 6.07) is 4.34. The van der Waals surface area contributed by atoms with Crippen molar-refractivity contribution < 1.29 is 18.0 Å². The molecule has 0 unspecified atom stereocenters. The molecule has 1 aromatic heterocycles. The highest BCUT2D eigenvalue weighted by Gasteiger charge is 2.30. The molecule has 0 saturated carbocycles. The molecule has 2 rings (SSSR count). The van der Waals surface area contributed by atoms with Gasteiger partial charge in [0.1, 0.15) is 0 Å². The molecule has 0 fully saturated rings. The number of carbonyl (C=O) groups excluding carboxylic acids is 1. The van der Waals surface area contributed by atoms with Crippen LogP contribution in [0.4, 0.5) is 13.2 Å². The molecule has 0 amide bonds. The van der Waals surface area contributed by atoms with E-state index in [0.29, 0.717) is 5.56 Å². The van der Waals surface area contributed by atoms with E-state index < -0.39 is 17.5 Å². The maximum atomic E-state index is 12.5. The maximum absolute atomic E-state index is 12.5. The fourth-order valence-electron chi connectivity index (χ4n) is 1.64. The third kappa shape index (κ3) is 3.34. The minimum Gasteiger partial charge on any atom is -0.289 e. The monoisotopic (exact) mass is 280 g/mol. The number of halogens is 3. The molecular formula is C14H11F3N2O. The molecule has 1 aromatic carbocycles. The molecule has 20 heavy (non-hydrogen) atoms. The van der Waals surface area contributed by atoms with E-state index in [-0.39, 0.29) is 5.56 Å². The van der Waals surface area contributed by atoms with Gasteiger partial charge in [0.2, 0.25) is 0 Å². The van der Waals surface area contributed by atoms with Crippen LogP contribution in [0.15, 0.2) is 42.7 Å². The number of carbonyl (C=O) groups is 1. The number of allylic oxidation sites excluding steroid dienone is 1. The van der Waals surface area contributed by atoms with E-state index in [4.69, 9.17) is 0 Å². The smallest absolute Gasteiger partial charge is 0.289 e. The van der Waals surface area contributed by atoms with Crippen molar-refractivity contribution in [1.29, 1.82) is 0 Å². The molecule has 0 aliphatic rings. The molecule has 0 saturated heterocycles. The standard InChI is InChI=1S/C14H11F3N2O/c1-19-9-10(8-18-19)5-6-13(20)11-3-2-4-12(7-11)14(15,16)17/h2-9H,1H3. The van der Waals surface area contributed by atoms with Gasteiger partial charge in [-0.3, -0.25) is 9.48 Å². The van der Waals surface area contributed by atoms with Crippen LogP contribution in [0.3, 0.4) is 0 Å². The van der Waals surface area contributed by atoms with Gasteiger partial charge in [-0.15, -0.1) is 0 Å². The number of alkyl halides is 3. The second-order valence-corrected chi connectivity index (χ2v) is 4.22. The highest BCUT2D eigenvalue weighted by molar-refractivity contribution is 6.06. The van der Waals surface area contributed by atoms with Gasteiger partial charge in [0.15, 0.2) is 5.78 Å². The van der Waals surface area contributed by atoms with Gasteiger partial charge in [0, 0.05) is 24.4 Å². The number of aromatic nitrogens is 2. The van der Waals surface area contributed by atoms with Gasteiger partial charge < -0.3 is 0 Å². The van der Waals surface area contributed by atoms with Crippen LogP contribution >= 0.6 is 0 Å². The quantitative estimate of drug-likeness (QED) is 0.638. The van der Waals surface area contributed by atoms with Crippen molar-refractivity contribution >= 4 is 11.9 Å². The van der Waals surface area contributed by atoms with E-state index in [2.05, 4.69) is 5.10 Å². The second-order valence-electron chi connectivity index (χ2n) is 4.22. The van der Waals surface area contributed by atoms with Crippen molar-refractivity contribution in [3.05, 3.63) is 59.4 Å². The first-order valence-electron chi connectivity index (χ1n) is 5.74. The van der Waals surface area contributed by atoms with Crippen molar-refractivity contribution in [3.63, 3.8) is 0 Å². The highest BCUT2D eigenvalue weighted by atomic mass is 19.4. The first kappa shape index (κ1) is 14.0. The van der Waals surface area contributed by atoms with E-state index in [1.807, 2.05) is 0 Å². The van der Waals surface area contributed by atoms with Crippen LogP contribution in [0.2, 0.25) is 0 Å². The minimum atomic E-state index is -4.46. The zero-order valence-corrected chi connectivity index (χ0v) is 10.6. The molecule has 0 spiro atoms. The fraction of sp³-hybridized carbons (Fsp3) is 0.143. The number of aryl methyl sites for hydroxylation is 1. The number of ketones is 1. The van der Waals surface area contributed by atoms with Crippen LogP contribution in [0.1, 0.15) is 21.5 Å². The predicted molar refractivity (Wildman–Crippen MR) is 68.0 cm³/mol. The van der Waals surface area contributed by atoms with Crippen molar-refractivity contribution in [3.8, 4) is 0 Å². The molecule has 104 valence electrons. The van der Waals surface area contributed by atoms with Crippen LogP contribution in [-0.4, -0.2) is 15.6 Å². The summed E-state index contributed by atoms with van der Waals surface area (Å²) in [4.78, 5) is 11.8. The third-order valence-electron chi connectivity index (χ3n) is 2.63. The van der Waals surface area contributed by atoms with Crippen LogP contribution in [-0.2, 0) is 13.2 Å². The van der Waals surface area contributed by atoms with E-state index in [1.165, 1.54) is 24.3 Å². The highest BCUT2D eigenvalue weighted by Crippen LogP contribution is 2.29. The van der Waals surface area contributed by atoms with Gasteiger partial charge in [0.25, 0.3) is 0 Å². The summed E-state index contributed by atoms with van der Waals surface area (Å²) in [5.41, 5.74) is -0.133. The maximum Gasteiger partial charge on any atom is 0.416 e. The Bertz CT molecular complexity index is 656. The lowest BCUT2D eigenvalue weighted by Crippen LogP contribution is -2.06. The van der Waals surface area contributed by atoms with Crippen LogP contribution in [0, 0.1) is 0 Å². The molecule has 2 aromatic rings. The normalized spacial score (nSPS) is 12.0. The Kier molecular flexibility index (Phi) is 3.74. The largest absolute Gasteiger partial charge is 0.416 e. The number of hydrogen-bond acceptors (Lipinski definition) is 2. The zero-order chi connectivity index (χ0) is 14.8. The van der Waals surface area contributed by atoms with Crippen LogP contribution < -0.4 is 0 Å². The summed E-state index contributed by atoms with van der Waals surface area (Å²) in [5.74, 6) is -0.486. The van der Waals surface area contributed by atoms with E-state index in [9.17, 15) is 18.0 Å². The topological polar surface area (TPSA) is 34.9 Å². The molecule has 0 radical (unpaired) electrons. The lowest BCUT2D eigenvalue weighted by Gasteiger charge is -2.06. The Morgan fingerprint density at radius 2 is 2.10 bits per heavy atom. The Hall–Kier alpha value is -2.37.